The maximum Gasteiger partial charge on any atom is 0.241 e. The van der Waals surface area contributed by atoms with Crippen LogP contribution in [0.15, 0.2) is 17.0 Å². The predicted molar refractivity (Wildman–Crippen MR) is 80.0 cm³/mol. The van der Waals surface area contributed by atoms with Crippen LogP contribution in [0.1, 0.15) is 25.0 Å². The fourth-order valence-corrected chi connectivity index (χ4v) is 3.09. The third kappa shape index (κ3) is 4.23. The summed E-state index contributed by atoms with van der Waals surface area (Å²) in [6, 6.07) is 2.43. The summed E-state index contributed by atoms with van der Waals surface area (Å²) in [6.07, 6.45) is 0. The smallest absolute Gasteiger partial charge is 0.241 e. The minimum atomic E-state index is -3.84. The van der Waals surface area contributed by atoms with Crippen LogP contribution in [0.5, 0.6) is 0 Å². The van der Waals surface area contributed by atoms with E-state index in [1.54, 1.807) is 0 Å². The number of hydrogen-bond acceptors (Lipinski definition) is 4. The van der Waals surface area contributed by atoms with Crippen LogP contribution >= 0.6 is 0 Å². The monoisotopic (exact) mass is 318 g/mol. The zero-order valence-electron chi connectivity index (χ0n) is 13.1. The number of nitrogens with zero attached hydrogens (tertiary/aromatic N) is 1. The third-order valence-electron chi connectivity index (χ3n) is 3.73. The van der Waals surface area contributed by atoms with Crippen LogP contribution in [-0.4, -0.2) is 44.6 Å². The molecule has 0 fully saturated rings. The van der Waals surface area contributed by atoms with Crippen LogP contribution in [0.2, 0.25) is 0 Å². The first-order chi connectivity index (χ1) is 9.51. The Morgan fingerprint density at radius 2 is 1.90 bits per heavy atom. The molecule has 0 amide bonds. The molecule has 1 aromatic carbocycles. The number of likely N-dealkylation sites (N-methyl/N-ethyl adjacent to an activating group) is 1. The Morgan fingerprint density at radius 1 is 1.33 bits per heavy atom. The molecule has 0 aliphatic carbocycles. The number of rotatable bonds is 6. The van der Waals surface area contributed by atoms with E-state index >= 15 is 0 Å². The largest absolute Gasteiger partial charge is 0.392 e. The van der Waals surface area contributed by atoms with Gasteiger partial charge in [-0.05, 0) is 52.6 Å². The summed E-state index contributed by atoms with van der Waals surface area (Å²) < 4.78 is 41.0. The highest BCUT2D eigenvalue weighted by Gasteiger charge is 2.26. The van der Waals surface area contributed by atoms with Gasteiger partial charge in [-0.25, -0.2) is 17.5 Å². The van der Waals surface area contributed by atoms with Gasteiger partial charge in [-0.3, -0.25) is 0 Å². The first-order valence-corrected chi connectivity index (χ1v) is 8.06. The minimum Gasteiger partial charge on any atom is -0.392 e. The van der Waals surface area contributed by atoms with E-state index < -0.39 is 22.4 Å². The molecule has 0 atom stereocenters. The second-order valence-electron chi connectivity index (χ2n) is 5.89. The molecule has 1 rings (SSSR count). The molecule has 0 aliphatic rings. The molecule has 0 radical (unpaired) electrons. The normalized spacial score (nSPS) is 13.0. The van der Waals surface area contributed by atoms with Crippen molar-refractivity contribution < 1.29 is 17.9 Å². The Kier molecular flexibility index (Phi) is 5.49. The number of hydrogen-bond donors (Lipinski definition) is 2. The van der Waals surface area contributed by atoms with Gasteiger partial charge in [0.25, 0.3) is 0 Å². The standard InChI is InChI=1S/C14H23FN2O3S/c1-10-12(15)6-11(8-18)7-13(10)21(19,20)16-9-14(2,3)17(4)5/h6-7,16,18H,8-9H2,1-5H3. The summed E-state index contributed by atoms with van der Waals surface area (Å²) in [5.41, 5.74) is -0.110. The van der Waals surface area contributed by atoms with Gasteiger partial charge in [0.2, 0.25) is 10.0 Å². The molecule has 120 valence electrons. The summed E-state index contributed by atoms with van der Waals surface area (Å²) in [4.78, 5) is 1.76. The topological polar surface area (TPSA) is 69.6 Å². The third-order valence-corrected chi connectivity index (χ3v) is 5.26. The van der Waals surface area contributed by atoms with Gasteiger partial charge in [0.1, 0.15) is 5.82 Å². The van der Waals surface area contributed by atoms with Crippen molar-refractivity contribution in [2.45, 2.75) is 37.8 Å². The first kappa shape index (κ1) is 18.0. The zero-order chi connectivity index (χ0) is 16.4. The van der Waals surface area contributed by atoms with Crippen LogP contribution in [0.25, 0.3) is 0 Å². The molecule has 0 aliphatic heterocycles. The number of halogens is 1. The zero-order valence-corrected chi connectivity index (χ0v) is 13.9. The molecule has 0 saturated carbocycles. The molecule has 0 bridgehead atoms. The molecule has 1 aromatic rings. The lowest BCUT2D eigenvalue weighted by molar-refractivity contribution is 0.199. The highest BCUT2D eigenvalue weighted by molar-refractivity contribution is 7.89. The van der Waals surface area contributed by atoms with Gasteiger partial charge in [0.15, 0.2) is 0 Å². The van der Waals surface area contributed by atoms with E-state index in [2.05, 4.69) is 4.72 Å². The Bertz CT molecular complexity index is 613. The van der Waals surface area contributed by atoms with Gasteiger partial charge in [0, 0.05) is 17.6 Å². The quantitative estimate of drug-likeness (QED) is 0.828. The second kappa shape index (κ2) is 6.39. The van der Waals surface area contributed by atoms with Crippen LogP contribution in [0.4, 0.5) is 4.39 Å². The second-order valence-corrected chi connectivity index (χ2v) is 7.63. The van der Waals surface area contributed by atoms with Crippen molar-refractivity contribution in [2.24, 2.45) is 0 Å². The number of sulfonamides is 1. The lowest BCUT2D eigenvalue weighted by atomic mass is 10.1. The molecule has 0 heterocycles. The van der Waals surface area contributed by atoms with Crippen molar-refractivity contribution in [1.82, 2.24) is 9.62 Å². The summed E-state index contributed by atoms with van der Waals surface area (Å²) in [7, 11) is -0.135. The van der Waals surface area contributed by atoms with E-state index in [4.69, 9.17) is 5.11 Å². The van der Waals surface area contributed by atoms with Crippen molar-refractivity contribution in [3.8, 4) is 0 Å². The summed E-state index contributed by atoms with van der Waals surface area (Å²) >= 11 is 0. The first-order valence-electron chi connectivity index (χ1n) is 6.58. The number of benzene rings is 1. The van der Waals surface area contributed by atoms with Gasteiger partial charge in [-0.2, -0.15) is 0 Å². The summed E-state index contributed by atoms with van der Waals surface area (Å²) in [6.45, 7) is 4.97. The molecule has 0 unspecified atom stereocenters. The molecule has 0 saturated heterocycles. The molecule has 2 N–H and O–H groups in total. The van der Waals surface area contributed by atoms with E-state index in [0.717, 1.165) is 6.07 Å². The van der Waals surface area contributed by atoms with Gasteiger partial charge < -0.3 is 10.0 Å². The van der Waals surface area contributed by atoms with Crippen LogP contribution in [0.3, 0.4) is 0 Å². The fraction of sp³-hybridized carbons (Fsp3) is 0.571. The molecule has 0 spiro atoms. The SMILES string of the molecule is Cc1c(F)cc(CO)cc1S(=O)(=O)NCC(C)(C)N(C)C. The molecule has 7 heteroatoms. The maximum atomic E-state index is 13.7. The van der Waals surface area contributed by atoms with E-state index in [0.29, 0.717) is 0 Å². The van der Waals surface area contributed by atoms with Crippen LogP contribution < -0.4 is 4.72 Å². The maximum absolute atomic E-state index is 13.7. The summed E-state index contributed by atoms with van der Waals surface area (Å²) in [5.74, 6) is -0.645. The van der Waals surface area contributed by atoms with E-state index in [1.807, 2.05) is 32.8 Å². The molecular formula is C14H23FN2O3S. The number of nitrogens with one attached hydrogen (secondary N) is 1. The number of aliphatic hydroxyl groups excluding tert-OH is 1. The lowest BCUT2D eigenvalue weighted by Crippen LogP contribution is -2.48. The average molecular weight is 318 g/mol. The number of aliphatic hydroxyl groups is 1. The van der Waals surface area contributed by atoms with Gasteiger partial charge >= 0.3 is 0 Å². The summed E-state index contributed by atoms with van der Waals surface area (Å²) in [5, 5.41) is 9.09. The average Bonchev–Trinajstić information content (AvgIpc) is 2.39. The predicted octanol–water partition coefficient (Wildman–Crippen LogP) is 1.24. The molecular weight excluding hydrogens is 295 g/mol. The van der Waals surface area contributed by atoms with Crippen molar-refractivity contribution >= 4 is 10.0 Å². The Morgan fingerprint density at radius 3 is 2.38 bits per heavy atom. The van der Waals surface area contributed by atoms with Crippen molar-refractivity contribution in [1.29, 1.82) is 0 Å². The van der Waals surface area contributed by atoms with E-state index in [9.17, 15) is 12.8 Å². The Hall–Kier alpha value is -1.02. The van der Waals surface area contributed by atoms with Crippen molar-refractivity contribution in [3.63, 3.8) is 0 Å². The van der Waals surface area contributed by atoms with Crippen molar-refractivity contribution in [2.75, 3.05) is 20.6 Å². The lowest BCUT2D eigenvalue weighted by Gasteiger charge is -2.32. The van der Waals surface area contributed by atoms with Gasteiger partial charge in [-0.1, -0.05) is 0 Å². The van der Waals surface area contributed by atoms with E-state index in [1.165, 1.54) is 13.0 Å². The van der Waals surface area contributed by atoms with Crippen LogP contribution in [0, 0.1) is 12.7 Å². The van der Waals surface area contributed by atoms with E-state index in [-0.39, 0.29) is 28.1 Å². The molecule has 21 heavy (non-hydrogen) atoms. The fourth-order valence-electron chi connectivity index (χ4n) is 1.58. The molecule has 5 nitrogen and oxygen atoms in total. The van der Waals surface area contributed by atoms with Crippen LogP contribution in [-0.2, 0) is 16.6 Å². The van der Waals surface area contributed by atoms with Crippen molar-refractivity contribution in [3.05, 3.63) is 29.1 Å². The Labute approximate surface area is 125 Å². The highest BCUT2D eigenvalue weighted by Crippen LogP contribution is 2.21. The van der Waals surface area contributed by atoms with Gasteiger partial charge in [-0.15, -0.1) is 0 Å². The minimum absolute atomic E-state index is 0.0439. The highest BCUT2D eigenvalue weighted by atomic mass is 32.2. The van der Waals surface area contributed by atoms with Gasteiger partial charge in [0.05, 0.1) is 11.5 Å². The Balaban J connectivity index is 3.12. The molecule has 0 aromatic heterocycles.